The first-order valence-electron chi connectivity index (χ1n) is 6.84. The fourth-order valence-electron chi connectivity index (χ4n) is 2.49. The molecule has 2 rings (SSSR count). The number of aromatic carboxylic acids is 1. The minimum atomic E-state index is -0.994. The molecule has 0 aliphatic heterocycles. The summed E-state index contributed by atoms with van der Waals surface area (Å²) < 4.78 is 0. The molecule has 106 valence electrons. The van der Waals surface area contributed by atoms with Gasteiger partial charge in [0.1, 0.15) is 0 Å². The monoisotopic (exact) mass is 273 g/mol. The van der Waals surface area contributed by atoms with Gasteiger partial charge in [-0.2, -0.15) is 0 Å². The lowest BCUT2D eigenvalue weighted by atomic mass is 9.84. The van der Waals surface area contributed by atoms with Crippen LogP contribution in [0.4, 0.5) is 5.69 Å². The second-order valence-electron chi connectivity index (χ2n) is 5.33. The molecule has 4 nitrogen and oxygen atoms in total. The largest absolute Gasteiger partial charge is 0.478 e. The van der Waals surface area contributed by atoms with Crippen molar-refractivity contribution in [3.05, 3.63) is 42.0 Å². The molecule has 2 N–H and O–H groups in total. The molecule has 0 radical (unpaired) electrons. The number of carboxylic acid groups (broad SMARTS) is 1. The molecule has 20 heavy (non-hydrogen) atoms. The molecule has 0 spiro atoms. The van der Waals surface area contributed by atoms with E-state index in [4.69, 9.17) is 5.11 Å². The van der Waals surface area contributed by atoms with Gasteiger partial charge in [0.05, 0.1) is 5.56 Å². The number of anilines is 1. The van der Waals surface area contributed by atoms with Crippen LogP contribution in [0.25, 0.3) is 0 Å². The van der Waals surface area contributed by atoms with Gasteiger partial charge in [0.15, 0.2) is 0 Å². The molecule has 1 saturated carbocycles. The number of nitrogens with one attached hydrogen (secondary N) is 1. The first kappa shape index (κ1) is 14.3. The quantitative estimate of drug-likeness (QED) is 0.825. The van der Waals surface area contributed by atoms with E-state index < -0.39 is 5.97 Å². The highest BCUT2D eigenvalue weighted by Crippen LogP contribution is 2.29. The maximum Gasteiger partial charge on any atom is 0.335 e. The lowest BCUT2D eigenvalue weighted by Crippen LogP contribution is -2.18. The van der Waals surface area contributed by atoms with Crippen molar-refractivity contribution in [2.45, 2.75) is 32.1 Å². The fraction of sp³-hybridized carbons (Fsp3) is 0.375. The average Bonchev–Trinajstić information content (AvgIpc) is 2.41. The molecule has 1 aliphatic carbocycles. The molecule has 0 unspecified atom stereocenters. The number of amides is 1. The van der Waals surface area contributed by atoms with Crippen LogP contribution in [0, 0.1) is 5.92 Å². The van der Waals surface area contributed by atoms with E-state index in [0.717, 1.165) is 25.7 Å². The molecule has 4 heteroatoms. The van der Waals surface area contributed by atoms with Crippen LogP contribution in [0.1, 0.15) is 42.5 Å². The van der Waals surface area contributed by atoms with Crippen molar-refractivity contribution < 1.29 is 14.7 Å². The summed E-state index contributed by atoms with van der Waals surface area (Å²) in [7, 11) is 0. The van der Waals surface area contributed by atoms with E-state index in [0.29, 0.717) is 18.0 Å². The van der Waals surface area contributed by atoms with E-state index in [-0.39, 0.29) is 11.5 Å². The number of benzene rings is 1. The summed E-state index contributed by atoms with van der Waals surface area (Å²) in [6.07, 6.45) is 4.53. The third kappa shape index (κ3) is 3.95. The predicted molar refractivity (Wildman–Crippen MR) is 77.7 cm³/mol. The van der Waals surface area contributed by atoms with E-state index in [9.17, 15) is 9.59 Å². The normalized spacial score (nSPS) is 15.9. The number of carboxylic acids is 1. The predicted octanol–water partition coefficient (Wildman–Crippen LogP) is 3.46. The Labute approximate surface area is 118 Å². The van der Waals surface area contributed by atoms with Gasteiger partial charge in [0.2, 0.25) is 5.91 Å². The van der Waals surface area contributed by atoms with Crippen LogP contribution in [0.3, 0.4) is 0 Å². The minimum absolute atomic E-state index is 0.0509. The van der Waals surface area contributed by atoms with Crippen LogP contribution >= 0.6 is 0 Å². The Bertz CT molecular complexity index is 526. The van der Waals surface area contributed by atoms with Crippen LogP contribution in [0.2, 0.25) is 0 Å². The molecule has 1 aromatic carbocycles. The molecule has 0 heterocycles. The van der Waals surface area contributed by atoms with Gasteiger partial charge in [-0.05, 0) is 49.8 Å². The van der Waals surface area contributed by atoms with E-state index >= 15 is 0 Å². The Balaban J connectivity index is 1.89. The summed E-state index contributed by atoms with van der Waals surface area (Å²) in [6.45, 7) is 3.97. The lowest BCUT2D eigenvalue weighted by Gasteiger charge is -2.22. The number of carbonyl (C=O) groups excluding carboxylic acids is 1. The molecular weight excluding hydrogens is 254 g/mol. The summed E-state index contributed by atoms with van der Waals surface area (Å²) in [5.41, 5.74) is 1.99. The van der Waals surface area contributed by atoms with Gasteiger partial charge in [-0.3, -0.25) is 4.79 Å². The van der Waals surface area contributed by atoms with E-state index in [1.807, 2.05) is 0 Å². The highest BCUT2D eigenvalue weighted by atomic mass is 16.4. The van der Waals surface area contributed by atoms with Crippen LogP contribution < -0.4 is 5.32 Å². The molecule has 1 amide bonds. The van der Waals surface area contributed by atoms with Gasteiger partial charge < -0.3 is 10.4 Å². The molecule has 0 saturated heterocycles. The first-order chi connectivity index (χ1) is 9.54. The molecule has 1 fully saturated rings. The highest BCUT2D eigenvalue weighted by Gasteiger charge is 2.18. The average molecular weight is 273 g/mol. The standard InChI is InChI=1S/C16H19NO3/c1-11-5-7-12(8-6-11)9-15(18)17-14-4-2-3-13(10-14)16(19)20/h2-4,10,12H,1,5-9H2,(H,17,18)(H,19,20). The number of hydrogen-bond donors (Lipinski definition) is 2. The fourth-order valence-corrected chi connectivity index (χ4v) is 2.49. The first-order valence-corrected chi connectivity index (χ1v) is 6.84. The van der Waals surface area contributed by atoms with Gasteiger partial charge >= 0.3 is 5.97 Å². The van der Waals surface area contributed by atoms with Crippen molar-refractivity contribution in [1.82, 2.24) is 0 Å². The number of hydrogen-bond acceptors (Lipinski definition) is 2. The smallest absolute Gasteiger partial charge is 0.335 e. The van der Waals surface area contributed by atoms with E-state index in [1.54, 1.807) is 12.1 Å². The van der Waals surface area contributed by atoms with Gasteiger partial charge in [-0.25, -0.2) is 4.79 Å². The van der Waals surface area contributed by atoms with Gasteiger partial charge in [0, 0.05) is 12.1 Å². The number of rotatable bonds is 4. The van der Waals surface area contributed by atoms with Gasteiger partial charge in [-0.1, -0.05) is 18.2 Å². The summed E-state index contributed by atoms with van der Waals surface area (Å²) in [6, 6.07) is 6.31. The van der Waals surface area contributed by atoms with Gasteiger partial charge in [0.25, 0.3) is 0 Å². The van der Waals surface area contributed by atoms with Crippen LogP contribution in [0.5, 0.6) is 0 Å². The third-order valence-corrected chi connectivity index (χ3v) is 3.68. The Kier molecular flexibility index (Phi) is 4.56. The van der Waals surface area contributed by atoms with E-state index in [1.165, 1.54) is 17.7 Å². The zero-order valence-electron chi connectivity index (χ0n) is 11.4. The van der Waals surface area contributed by atoms with Crippen molar-refractivity contribution in [3.8, 4) is 0 Å². The van der Waals surface area contributed by atoms with Crippen molar-refractivity contribution in [3.63, 3.8) is 0 Å². The van der Waals surface area contributed by atoms with Crippen LogP contribution in [-0.4, -0.2) is 17.0 Å². The summed E-state index contributed by atoms with van der Waals surface area (Å²) in [5.74, 6) is -0.639. The van der Waals surface area contributed by atoms with Crippen LogP contribution in [-0.2, 0) is 4.79 Å². The molecule has 0 aromatic heterocycles. The Morgan fingerprint density at radius 1 is 1.30 bits per heavy atom. The second kappa shape index (κ2) is 6.37. The molecular formula is C16H19NO3. The van der Waals surface area contributed by atoms with Crippen molar-refractivity contribution in [2.75, 3.05) is 5.32 Å². The van der Waals surface area contributed by atoms with E-state index in [2.05, 4.69) is 11.9 Å². The zero-order chi connectivity index (χ0) is 14.5. The highest BCUT2D eigenvalue weighted by molar-refractivity contribution is 5.93. The zero-order valence-corrected chi connectivity index (χ0v) is 11.4. The topological polar surface area (TPSA) is 66.4 Å². The Hall–Kier alpha value is -2.10. The van der Waals surface area contributed by atoms with Crippen molar-refractivity contribution in [2.24, 2.45) is 5.92 Å². The lowest BCUT2D eigenvalue weighted by molar-refractivity contribution is -0.117. The third-order valence-electron chi connectivity index (χ3n) is 3.68. The number of carbonyl (C=O) groups is 2. The summed E-state index contributed by atoms with van der Waals surface area (Å²) in [4.78, 5) is 22.8. The van der Waals surface area contributed by atoms with Crippen LogP contribution in [0.15, 0.2) is 36.4 Å². The maximum absolute atomic E-state index is 12.0. The molecule has 1 aromatic rings. The second-order valence-corrected chi connectivity index (χ2v) is 5.33. The Morgan fingerprint density at radius 3 is 2.65 bits per heavy atom. The van der Waals surface area contributed by atoms with Crippen molar-refractivity contribution >= 4 is 17.6 Å². The Morgan fingerprint density at radius 2 is 2.00 bits per heavy atom. The summed E-state index contributed by atoms with van der Waals surface area (Å²) >= 11 is 0. The SMILES string of the molecule is C=C1CCC(CC(=O)Nc2cccc(C(=O)O)c2)CC1. The molecule has 0 bridgehead atoms. The van der Waals surface area contributed by atoms with Gasteiger partial charge in [-0.15, -0.1) is 0 Å². The summed E-state index contributed by atoms with van der Waals surface area (Å²) in [5, 5.41) is 11.7. The maximum atomic E-state index is 12.0. The molecule has 0 atom stereocenters. The van der Waals surface area contributed by atoms with Crippen molar-refractivity contribution in [1.29, 1.82) is 0 Å². The molecule has 1 aliphatic rings. The minimum Gasteiger partial charge on any atom is -0.478 e. The number of allylic oxidation sites excluding steroid dienone is 1.